The summed E-state index contributed by atoms with van der Waals surface area (Å²) in [5.41, 5.74) is -0.572. The van der Waals surface area contributed by atoms with Gasteiger partial charge in [-0.15, -0.1) is 0 Å². The van der Waals surface area contributed by atoms with E-state index in [1.54, 1.807) is 0 Å². The second kappa shape index (κ2) is 4.42. The van der Waals surface area contributed by atoms with Gasteiger partial charge in [-0.2, -0.15) is 13.2 Å². The molecule has 0 saturated carbocycles. The van der Waals surface area contributed by atoms with Crippen molar-refractivity contribution in [1.82, 2.24) is 4.98 Å². The Hall–Kier alpha value is -1.31. The molecule has 0 spiro atoms. The summed E-state index contributed by atoms with van der Waals surface area (Å²) in [5, 5.41) is 2.87. The Labute approximate surface area is 102 Å². The normalized spacial score (nSPS) is 22.9. The van der Waals surface area contributed by atoms with Crippen LogP contribution in [0, 0.1) is 0 Å². The first-order valence-electron chi connectivity index (χ1n) is 5.26. The van der Waals surface area contributed by atoms with Crippen molar-refractivity contribution < 1.29 is 21.6 Å². The summed E-state index contributed by atoms with van der Waals surface area (Å²) in [5.74, 6) is 0.118. The minimum Gasteiger partial charge on any atom is -0.380 e. The SMILES string of the molecule is O=S1(=O)CCC(Nc2ccc(C(F)(F)F)nc2)C1. The van der Waals surface area contributed by atoms with Gasteiger partial charge in [-0.3, -0.25) is 0 Å². The summed E-state index contributed by atoms with van der Waals surface area (Å²) in [6, 6.07) is 1.86. The molecule has 0 radical (unpaired) electrons. The van der Waals surface area contributed by atoms with Crippen molar-refractivity contribution in [3.63, 3.8) is 0 Å². The monoisotopic (exact) mass is 280 g/mol. The molecule has 0 aromatic carbocycles. The Balaban J connectivity index is 2.04. The van der Waals surface area contributed by atoms with Crippen LogP contribution in [0.5, 0.6) is 0 Å². The van der Waals surface area contributed by atoms with Crippen molar-refractivity contribution in [1.29, 1.82) is 0 Å². The highest BCUT2D eigenvalue weighted by Gasteiger charge is 2.32. The van der Waals surface area contributed by atoms with Crippen LogP contribution >= 0.6 is 0 Å². The molecule has 1 aliphatic rings. The number of aromatic nitrogens is 1. The maximum absolute atomic E-state index is 12.3. The molecule has 0 bridgehead atoms. The van der Waals surface area contributed by atoms with Crippen LogP contribution in [0.1, 0.15) is 12.1 Å². The maximum Gasteiger partial charge on any atom is 0.433 e. The zero-order valence-electron chi connectivity index (χ0n) is 9.24. The minimum absolute atomic E-state index is 0.00796. The van der Waals surface area contributed by atoms with Crippen LogP contribution in [-0.2, 0) is 16.0 Å². The van der Waals surface area contributed by atoms with Gasteiger partial charge in [0.05, 0.1) is 23.4 Å². The summed E-state index contributed by atoms with van der Waals surface area (Å²) in [6.07, 6.45) is -2.94. The van der Waals surface area contributed by atoms with Gasteiger partial charge >= 0.3 is 6.18 Å². The van der Waals surface area contributed by atoms with Crippen LogP contribution < -0.4 is 5.32 Å². The predicted molar refractivity (Wildman–Crippen MR) is 59.9 cm³/mol. The first-order chi connectivity index (χ1) is 8.26. The van der Waals surface area contributed by atoms with Crippen LogP contribution in [0.3, 0.4) is 0 Å². The van der Waals surface area contributed by atoms with Crippen molar-refractivity contribution in [2.24, 2.45) is 0 Å². The highest BCUT2D eigenvalue weighted by molar-refractivity contribution is 7.91. The quantitative estimate of drug-likeness (QED) is 0.895. The third kappa shape index (κ3) is 3.12. The Morgan fingerprint density at radius 3 is 2.50 bits per heavy atom. The van der Waals surface area contributed by atoms with E-state index in [0.29, 0.717) is 12.1 Å². The molecule has 100 valence electrons. The molecule has 1 unspecified atom stereocenters. The van der Waals surface area contributed by atoms with E-state index in [9.17, 15) is 21.6 Å². The molecule has 1 N–H and O–H groups in total. The molecule has 1 aromatic heterocycles. The van der Waals surface area contributed by atoms with Gasteiger partial charge in [-0.1, -0.05) is 0 Å². The van der Waals surface area contributed by atoms with E-state index < -0.39 is 21.7 Å². The third-order valence-electron chi connectivity index (χ3n) is 2.66. The van der Waals surface area contributed by atoms with Crippen molar-refractivity contribution in [2.75, 3.05) is 16.8 Å². The van der Waals surface area contributed by atoms with Crippen molar-refractivity contribution in [2.45, 2.75) is 18.6 Å². The van der Waals surface area contributed by atoms with E-state index in [1.807, 2.05) is 0 Å². The van der Waals surface area contributed by atoms with Gasteiger partial charge in [0, 0.05) is 6.04 Å². The zero-order valence-corrected chi connectivity index (χ0v) is 10.1. The number of rotatable bonds is 2. The van der Waals surface area contributed by atoms with Gasteiger partial charge in [0.15, 0.2) is 9.84 Å². The average Bonchev–Trinajstić information content (AvgIpc) is 2.57. The lowest BCUT2D eigenvalue weighted by Crippen LogP contribution is -2.20. The smallest absolute Gasteiger partial charge is 0.380 e. The number of nitrogens with zero attached hydrogens (tertiary/aromatic N) is 1. The lowest BCUT2D eigenvalue weighted by molar-refractivity contribution is -0.141. The Kier molecular flexibility index (Phi) is 3.22. The van der Waals surface area contributed by atoms with Gasteiger partial charge in [0.2, 0.25) is 0 Å². The maximum atomic E-state index is 12.3. The van der Waals surface area contributed by atoms with Crippen LogP contribution in [-0.4, -0.2) is 30.9 Å². The first kappa shape index (κ1) is 13.1. The minimum atomic E-state index is -4.46. The van der Waals surface area contributed by atoms with E-state index in [2.05, 4.69) is 10.3 Å². The molecule has 1 atom stereocenters. The molecule has 1 saturated heterocycles. The zero-order chi connectivity index (χ0) is 13.4. The fourth-order valence-corrected chi connectivity index (χ4v) is 3.46. The van der Waals surface area contributed by atoms with E-state index in [4.69, 9.17) is 0 Å². The summed E-state index contributed by atoms with van der Waals surface area (Å²) < 4.78 is 59.2. The topological polar surface area (TPSA) is 59.1 Å². The molecular formula is C10H11F3N2O2S. The summed E-state index contributed by atoms with van der Waals surface area (Å²) in [7, 11) is -3.01. The molecule has 2 rings (SSSR count). The summed E-state index contributed by atoms with van der Waals surface area (Å²) in [6.45, 7) is 0. The lowest BCUT2D eigenvalue weighted by atomic mass is 10.2. The van der Waals surface area contributed by atoms with Gasteiger partial charge in [-0.05, 0) is 18.6 Å². The van der Waals surface area contributed by atoms with Crippen LogP contribution in [0.4, 0.5) is 18.9 Å². The molecule has 1 aromatic rings. The molecule has 1 aliphatic heterocycles. The van der Waals surface area contributed by atoms with E-state index in [-0.39, 0.29) is 17.5 Å². The van der Waals surface area contributed by atoms with Gasteiger partial charge in [0.25, 0.3) is 0 Å². The molecule has 1 fully saturated rings. The van der Waals surface area contributed by atoms with Crippen LogP contribution in [0.2, 0.25) is 0 Å². The molecule has 4 nitrogen and oxygen atoms in total. The number of hydrogen-bond donors (Lipinski definition) is 1. The molecule has 0 amide bonds. The average molecular weight is 280 g/mol. The predicted octanol–water partition coefficient (Wildman–Crippen LogP) is 1.70. The number of hydrogen-bond acceptors (Lipinski definition) is 4. The first-order valence-corrected chi connectivity index (χ1v) is 7.09. The number of sulfone groups is 1. The molecule has 18 heavy (non-hydrogen) atoms. The fraction of sp³-hybridized carbons (Fsp3) is 0.500. The lowest BCUT2D eigenvalue weighted by Gasteiger charge is -2.12. The largest absolute Gasteiger partial charge is 0.433 e. The fourth-order valence-electron chi connectivity index (χ4n) is 1.79. The summed E-state index contributed by atoms with van der Waals surface area (Å²) in [4.78, 5) is 3.29. The Bertz CT molecular complexity index is 525. The van der Waals surface area contributed by atoms with Crippen LogP contribution in [0.15, 0.2) is 18.3 Å². The van der Waals surface area contributed by atoms with Crippen molar-refractivity contribution in [3.8, 4) is 0 Å². The molecule has 0 aliphatic carbocycles. The van der Waals surface area contributed by atoms with Crippen LogP contribution in [0.25, 0.3) is 0 Å². The van der Waals surface area contributed by atoms with E-state index >= 15 is 0 Å². The number of pyridine rings is 1. The Morgan fingerprint density at radius 1 is 1.33 bits per heavy atom. The highest BCUT2D eigenvalue weighted by atomic mass is 32.2. The molecule has 2 heterocycles. The van der Waals surface area contributed by atoms with Crippen molar-refractivity contribution >= 4 is 15.5 Å². The van der Waals surface area contributed by atoms with Gasteiger partial charge in [-0.25, -0.2) is 13.4 Å². The number of nitrogens with one attached hydrogen (secondary N) is 1. The van der Waals surface area contributed by atoms with E-state index in [0.717, 1.165) is 12.3 Å². The van der Waals surface area contributed by atoms with Gasteiger partial charge < -0.3 is 5.32 Å². The van der Waals surface area contributed by atoms with Gasteiger partial charge in [0.1, 0.15) is 5.69 Å². The third-order valence-corrected chi connectivity index (χ3v) is 4.43. The van der Waals surface area contributed by atoms with Crippen molar-refractivity contribution in [3.05, 3.63) is 24.0 Å². The summed E-state index contributed by atoms with van der Waals surface area (Å²) >= 11 is 0. The second-order valence-corrected chi connectivity index (χ2v) is 6.40. The molecule has 8 heteroatoms. The number of alkyl halides is 3. The van der Waals surface area contributed by atoms with E-state index in [1.165, 1.54) is 6.07 Å². The second-order valence-electron chi connectivity index (χ2n) is 4.17. The highest BCUT2D eigenvalue weighted by Crippen LogP contribution is 2.28. The standard InChI is InChI=1S/C10H11F3N2O2S/c11-10(12,13)9-2-1-7(5-14-9)15-8-3-4-18(16,17)6-8/h1-2,5,8,15H,3-4,6H2. The number of anilines is 1. The molecular weight excluding hydrogens is 269 g/mol. The number of halogens is 3. The Morgan fingerprint density at radius 2 is 2.06 bits per heavy atom.